The zero-order valence-electron chi connectivity index (χ0n) is 10.8. The predicted octanol–water partition coefficient (Wildman–Crippen LogP) is 3.69. The Balaban J connectivity index is 1.76. The number of thiophene rings is 1. The molecule has 1 unspecified atom stereocenters. The molecular weight excluding hydrogens is 328 g/mol. The molecule has 0 radical (unpaired) electrons. The predicted molar refractivity (Wildman–Crippen MR) is 83.6 cm³/mol. The lowest BCUT2D eigenvalue weighted by atomic mass is 10.3. The van der Waals surface area contributed by atoms with Crippen LogP contribution in [-0.2, 0) is 0 Å². The highest BCUT2D eigenvalue weighted by molar-refractivity contribution is 7.19. The van der Waals surface area contributed by atoms with Crippen LogP contribution in [0, 0.1) is 11.3 Å². The van der Waals surface area contributed by atoms with E-state index < -0.39 is 0 Å². The Morgan fingerprint density at radius 1 is 1.48 bits per heavy atom. The van der Waals surface area contributed by atoms with E-state index in [1.54, 1.807) is 11.3 Å². The molecule has 0 saturated heterocycles. The summed E-state index contributed by atoms with van der Waals surface area (Å²) in [5.74, 6) is 1.37. The topological polar surface area (TPSA) is 90.3 Å². The van der Waals surface area contributed by atoms with Gasteiger partial charge in [0.1, 0.15) is 16.2 Å². The second-order valence-electron chi connectivity index (χ2n) is 4.14. The van der Waals surface area contributed by atoms with E-state index in [4.69, 9.17) is 16.9 Å². The van der Waals surface area contributed by atoms with Crippen molar-refractivity contribution >= 4 is 39.4 Å². The number of hydrogen-bond acceptors (Lipinski definition) is 7. The quantitative estimate of drug-likeness (QED) is 0.758. The third-order valence-electron chi connectivity index (χ3n) is 2.69. The molecule has 0 aliphatic carbocycles. The summed E-state index contributed by atoms with van der Waals surface area (Å²) in [5, 5.41) is 21.7. The number of aromatic amines is 1. The van der Waals surface area contributed by atoms with Crippen molar-refractivity contribution in [3.8, 4) is 16.8 Å². The number of anilines is 1. The van der Waals surface area contributed by atoms with Crippen molar-refractivity contribution in [1.82, 2.24) is 20.2 Å². The molecule has 0 bridgehead atoms. The van der Waals surface area contributed by atoms with Gasteiger partial charge in [0.15, 0.2) is 16.6 Å². The molecule has 0 fully saturated rings. The molecule has 0 amide bonds. The summed E-state index contributed by atoms with van der Waals surface area (Å²) in [6.45, 7) is 1.93. The molecule has 3 aromatic rings. The number of halogens is 1. The molecule has 0 saturated carbocycles. The first-order valence-corrected chi connectivity index (χ1v) is 8.04. The van der Waals surface area contributed by atoms with Crippen LogP contribution >= 0.6 is 34.3 Å². The molecule has 3 heterocycles. The van der Waals surface area contributed by atoms with Gasteiger partial charge in [-0.15, -0.1) is 11.3 Å². The van der Waals surface area contributed by atoms with Gasteiger partial charge in [0, 0.05) is 0 Å². The summed E-state index contributed by atoms with van der Waals surface area (Å²) in [7, 11) is 0. The van der Waals surface area contributed by atoms with Crippen LogP contribution in [0.15, 0.2) is 17.5 Å². The monoisotopic (exact) mass is 336 g/mol. The zero-order chi connectivity index (χ0) is 14.8. The van der Waals surface area contributed by atoms with Crippen molar-refractivity contribution in [2.24, 2.45) is 0 Å². The fourth-order valence-corrected chi connectivity index (χ4v) is 3.36. The summed E-state index contributed by atoms with van der Waals surface area (Å²) >= 11 is 8.72. The van der Waals surface area contributed by atoms with Crippen LogP contribution in [-0.4, -0.2) is 20.2 Å². The first-order valence-electron chi connectivity index (χ1n) is 5.96. The van der Waals surface area contributed by atoms with Gasteiger partial charge in [-0.3, -0.25) is 5.10 Å². The SMILES string of the molecule is CC(Nc1nc(C#N)c(Cl)s1)c1nc(-c2cccs2)n[nH]1. The minimum absolute atomic E-state index is 0.125. The average molecular weight is 337 g/mol. The van der Waals surface area contributed by atoms with E-state index in [0.29, 0.717) is 21.1 Å². The highest BCUT2D eigenvalue weighted by atomic mass is 35.5. The molecule has 106 valence electrons. The molecule has 21 heavy (non-hydrogen) atoms. The molecule has 2 N–H and O–H groups in total. The molecule has 1 atom stereocenters. The Bertz CT molecular complexity index is 785. The van der Waals surface area contributed by atoms with E-state index in [-0.39, 0.29) is 11.7 Å². The fourth-order valence-electron chi connectivity index (χ4n) is 1.67. The Morgan fingerprint density at radius 3 is 3.00 bits per heavy atom. The van der Waals surface area contributed by atoms with Crippen molar-refractivity contribution in [3.63, 3.8) is 0 Å². The van der Waals surface area contributed by atoms with E-state index in [1.165, 1.54) is 11.3 Å². The minimum atomic E-state index is -0.125. The van der Waals surface area contributed by atoms with Crippen molar-refractivity contribution in [2.45, 2.75) is 13.0 Å². The normalized spacial score (nSPS) is 12.0. The summed E-state index contributed by atoms with van der Waals surface area (Å²) in [4.78, 5) is 9.57. The van der Waals surface area contributed by atoms with Crippen LogP contribution in [0.3, 0.4) is 0 Å². The summed E-state index contributed by atoms with van der Waals surface area (Å²) in [6, 6.07) is 5.74. The van der Waals surface area contributed by atoms with Gasteiger partial charge in [0.25, 0.3) is 0 Å². The van der Waals surface area contributed by atoms with Gasteiger partial charge in [-0.2, -0.15) is 10.4 Å². The molecular formula is C12H9ClN6S2. The first kappa shape index (κ1) is 14.0. The molecule has 6 nitrogen and oxygen atoms in total. The van der Waals surface area contributed by atoms with Gasteiger partial charge in [0.05, 0.1) is 10.9 Å². The van der Waals surface area contributed by atoms with Crippen LogP contribution in [0.4, 0.5) is 5.13 Å². The van der Waals surface area contributed by atoms with Crippen molar-refractivity contribution in [2.75, 3.05) is 5.32 Å². The number of hydrogen-bond donors (Lipinski definition) is 2. The third kappa shape index (κ3) is 2.90. The lowest BCUT2D eigenvalue weighted by Crippen LogP contribution is -2.08. The number of H-pyrrole nitrogens is 1. The van der Waals surface area contributed by atoms with Gasteiger partial charge in [-0.25, -0.2) is 9.97 Å². The Labute approximate surface area is 133 Å². The number of nitrogens with one attached hydrogen (secondary N) is 2. The fraction of sp³-hybridized carbons (Fsp3) is 0.167. The maximum Gasteiger partial charge on any atom is 0.191 e. The van der Waals surface area contributed by atoms with Gasteiger partial charge < -0.3 is 5.32 Å². The van der Waals surface area contributed by atoms with Crippen LogP contribution in [0.1, 0.15) is 24.5 Å². The average Bonchev–Trinajstić information content (AvgIpc) is 3.18. The summed E-state index contributed by atoms with van der Waals surface area (Å²) < 4.78 is 0.379. The second-order valence-corrected chi connectivity index (χ2v) is 6.69. The smallest absolute Gasteiger partial charge is 0.191 e. The Hall–Kier alpha value is -1.95. The van der Waals surface area contributed by atoms with Crippen molar-refractivity contribution in [3.05, 3.63) is 33.4 Å². The Kier molecular flexibility index (Phi) is 3.88. The van der Waals surface area contributed by atoms with Crippen LogP contribution < -0.4 is 5.32 Å². The largest absolute Gasteiger partial charge is 0.352 e. The zero-order valence-corrected chi connectivity index (χ0v) is 13.2. The van der Waals surface area contributed by atoms with E-state index in [0.717, 1.165) is 4.88 Å². The molecule has 3 rings (SSSR count). The van der Waals surface area contributed by atoms with E-state index in [1.807, 2.05) is 30.5 Å². The van der Waals surface area contributed by atoms with E-state index >= 15 is 0 Å². The summed E-state index contributed by atoms with van der Waals surface area (Å²) in [6.07, 6.45) is 0. The van der Waals surface area contributed by atoms with E-state index in [2.05, 4.69) is 25.5 Å². The summed E-state index contributed by atoms with van der Waals surface area (Å²) in [5.41, 5.74) is 0.230. The van der Waals surface area contributed by atoms with Crippen LogP contribution in [0.25, 0.3) is 10.7 Å². The number of rotatable bonds is 4. The molecule has 9 heteroatoms. The maximum atomic E-state index is 8.85. The van der Waals surface area contributed by atoms with Crippen LogP contribution in [0.5, 0.6) is 0 Å². The van der Waals surface area contributed by atoms with Gasteiger partial charge in [0.2, 0.25) is 0 Å². The maximum absolute atomic E-state index is 8.85. The highest BCUT2D eigenvalue weighted by Gasteiger charge is 2.15. The van der Waals surface area contributed by atoms with Gasteiger partial charge >= 0.3 is 0 Å². The van der Waals surface area contributed by atoms with Gasteiger partial charge in [-0.1, -0.05) is 29.0 Å². The number of nitriles is 1. The molecule has 0 aromatic carbocycles. The molecule has 0 aliphatic rings. The van der Waals surface area contributed by atoms with Crippen molar-refractivity contribution in [1.29, 1.82) is 5.26 Å². The molecule has 3 aromatic heterocycles. The number of nitrogens with zero attached hydrogens (tertiary/aromatic N) is 4. The third-order valence-corrected chi connectivity index (χ3v) is 4.74. The first-order chi connectivity index (χ1) is 10.2. The second kappa shape index (κ2) is 5.81. The highest BCUT2D eigenvalue weighted by Crippen LogP contribution is 2.30. The molecule has 0 aliphatic heterocycles. The van der Waals surface area contributed by atoms with Crippen LogP contribution in [0.2, 0.25) is 4.34 Å². The Morgan fingerprint density at radius 2 is 2.33 bits per heavy atom. The van der Waals surface area contributed by atoms with E-state index in [9.17, 15) is 0 Å². The standard InChI is InChI=1S/C12H9ClN6S2/c1-6(15-12-16-7(5-14)9(13)21-12)10-17-11(19-18-10)8-3-2-4-20-8/h2-4,6H,1H3,(H,15,16)(H,17,18,19). The number of aromatic nitrogens is 4. The van der Waals surface area contributed by atoms with Gasteiger partial charge in [-0.05, 0) is 18.4 Å². The molecule has 0 spiro atoms. The van der Waals surface area contributed by atoms with Crippen molar-refractivity contribution < 1.29 is 0 Å². The lowest BCUT2D eigenvalue weighted by Gasteiger charge is -2.08. The number of thiazole rings is 1. The minimum Gasteiger partial charge on any atom is -0.352 e. The lowest BCUT2D eigenvalue weighted by molar-refractivity contribution is 0.794.